The van der Waals surface area contributed by atoms with Crippen molar-refractivity contribution in [2.75, 3.05) is 14.2 Å². The van der Waals surface area contributed by atoms with Gasteiger partial charge in [-0.25, -0.2) is 0 Å². The molecule has 1 N–H and O–H groups in total. The van der Waals surface area contributed by atoms with Crippen molar-refractivity contribution in [3.8, 4) is 11.5 Å². The van der Waals surface area contributed by atoms with Crippen LogP contribution in [0.4, 0.5) is 0 Å². The summed E-state index contributed by atoms with van der Waals surface area (Å²) in [7, 11) is 3.07. The molecule has 0 unspecified atom stereocenters. The number of rotatable bonds is 4. The first-order valence-corrected chi connectivity index (χ1v) is 5.42. The molecule has 0 amide bonds. The molecule has 0 aliphatic rings. The third-order valence-electron chi connectivity index (χ3n) is 2.32. The van der Waals surface area contributed by atoms with E-state index in [0.717, 1.165) is 5.56 Å². The summed E-state index contributed by atoms with van der Waals surface area (Å²) in [5, 5.41) is 8.81. The quantitative estimate of drug-likeness (QED) is 0.924. The van der Waals surface area contributed by atoms with Gasteiger partial charge in [0, 0.05) is 4.47 Å². The number of carboxylic acid groups (broad SMARTS) is 1. The van der Waals surface area contributed by atoms with Crippen molar-refractivity contribution in [1.29, 1.82) is 0 Å². The Morgan fingerprint density at radius 3 is 2.50 bits per heavy atom. The molecule has 0 fully saturated rings. The molecule has 5 heteroatoms. The predicted molar refractivity (Wildman–Crippen MR) is 63.3 cm³/mol. The summed E-state index contributed by atoms with van der Waals surface area (Å²) in [6, 6.07) is 1.71. The van der Waals surface area contributed by atoms with Crippen molar-refractivity contribution in [3.63, 3.8) is 0 Å². The maximum absolute atomic E-state index is 10.7. The van der Waals surface area contributed by atoms with Gasteiger partial charge in [0.25, 0.3) is 0 Å². The molecule has 1 aromatic rings. The topological polar surface area (TPSA) is 55.8 Å². The zero-order valence-corrected chi connectivity index (χ0v) is 10.9. The van der Waals surface area contributed by atoms with Crippen LogP contribution in [-0.4, -0.2) is 25.3 Å². The van der Waals surface area contributed by atoms with Crippen LogP contribution in [0.15, 0.2) is 10.5 Å². The zero-order valence-electron chi connectivity index (χ0n) is 9.33. The van der Waals surface area contributed by atoms with Gasteiger partial charge in [-0.3, -0.25) is 4.79 Å². The minimum atomic E-state index is -0.879. The van der Waals surface area contributed by atoms with Gasteiger partial charge in [-0.2, -0.15) is 0 Å². The number of carbonyl (C=O) groups is 1. The zero-order chi connectivity index (χ0) is 12.3. The lowest BCUT2D eigenvalue weighted by Crippen LogP contribution is -2.05. The average molecular weight is 289 g/mol. The van der Waals surface area contributed by atoms with E-state index in [9.17, 15) is 4.79 Å². The van der Waals surface area contributed by atoms with Crippen LogP contribution >= 0.6 is 15.9 Å². The standard InChI is InChI=1S/C11H13BrO4/c1-6-7(4-10(13)14)8(12)5-9(15-2)11(6)16-3/h5H,4H2,1-3H3,(H,13,14). The van der Waals surface area contributed by atoms with E-state index < -0.39 is 5.97 Å². The molecule has 0 aliphatic heterocycles. The smallest absolute Gasteiger partial charge is 0.307 e. The molecule has 1 rings (SSSR count). The van der Waals surface area contributed by atoms with E-state index in [4.69, 9.17) is 14.6 Å². The minimum Gasteiger partial charge on any atom is -0.493 e. The van der Waals surface area contributed by atoms with Crippen LogP contribution in [-0.2, 0) is 11.2 Å². The third kappa shape index (κ3) is 2.47. The summed E-state index contributed by atoms with van der Waals surface area (Å²) in [4.78, 5) is 10.7. The van der Waals surface area contributed by atoms with Crippen LogP contribution in [0.1, 0.15) is 11.1 Å². The molecular formula is C11H13BrO4. The van der Waals surface area contributed by atoms with E-state index in [1.165, 1.54) is 7.11 Å². The van der Waals surface area contributed by atoms with Gasteiger partial charge >= 0.3 is 5.97 Å². The van der Waals surface area contributed by atoms with E-state index in [1.54, 1.807) is 13.2 Å². The summed E-state index contributed by atoms with van der Waals surface area (Å²) in [6.07, 6.45) is -0.0488. The van der Waals surface area contributed by atoms with Crippen LogP contribution in [0.5, 0.6) is 11.5 Å². The maximum atomic E-state index is 10.7. The fourth-order valence-electron chi connectivity index (χ4n) is 1.54. The molecule has 0 bridgehead atoms. The van der Waals surface area contributed by atoms with Crippen LogP contribution in [0.2, 0.25) is 0 Å². The lowest BCUT2D eigenvalue weighted by molar-refractivity contribution is -0.136. The Morgan fingerprint density at radius 1 is 1.44 bits per heavy atom. The van der Waals surface area contributed by atoms with Gasteiger partial charge in [0.15, 0.2) is 11.5 Å². The molecule has 88 valence electrons. The summed E-state index contributed by atoms with van der Waals surface area (Å²) in [5.74, 6) is 0.277. The summed E-state index contributed by atoms with van der Waals surface area (Å²) < 4.78 is 11.1. The number of ether oxygens (including phenoxy) is 2. The van der Waals surface area contributed by atoms with Gasteiger partial charge in [0.05, 0.1) is 20.6 Å². The van der Waals surface area contributed by atoms with Gasteiger partial charge in [-0.05, 0) is 24.1 Å². The van der Waals surface area contributed by atoms with Gasteiger partial charge in [0.2, 0.25) is 0 Å². The molecule has 0 radical (unpaired) electrons. The number of methoxy groups -OCH3 is 2. The first-order chi connectivity index (χ1) is 7.51. The lowest BCUT2D eigenvalue weighted by atomic mass is 10.0. The van der Waals surface area contributed by atoms with Crippen molar-refractivity contribution in [1.82, 2.24) is 0 Å². The molecule has 0 atom stereocenters. The first-order valence-electron chi connectivity index (χ1n) is 4.63. The van der Waals surface area contributed by atoms with Crippen LogP contribution in [0.25, 0.3) is 0 Å². The Morgan fingerprint density at radius 2 is 2.06 bits per heavy atom. The molecule has 16 heavy (non-hydrogen) atoms. The molecule has 0 aromatic heterocycles. The minimum absolute atomic E-state index is 0.0488. The lowest BCUT2D eigenvalue weighted by Gasteiger charge is -2.15. The number of halogens is 1. The van der Waals surface area contributed by atoms with Crippen molar-refractivity contribution >= 4 is 21.9 Å². The van der Waals surface area contributed by atoms with Crippen molar-refractivity contribution in [3.05, 3.63) is 21.7 Å². The number of hydrogen-bond acceptors (Lipinski definition) is 3. The van der Waals surface area contributed by atoms with E-state index in [0.29, 0.717) is 21.5 Å². The monoisotopic (exact) mass is 288 g/mol. The molecule has 0 aliphatic carbocycles. The Balaban J connectivity index is 3.34. The molecule has 0 heterocycles. The molecule has 0 saturated heterocycles. The van der Waals surface area contributed by atoms with Gasteiger partial charge < -0.3 is 14.6 Å². The molecule has 0 saturated carbocycles. The second-order valence-corrected chi connectivity index (χ2v) is 4.12. The highest BCUT2D eigenvalue weighted by atomic mass is 79.9. The van der Waals surface area contributed by atoms with Crippen molar-refractivity contribution < 1.29 is 19.4 Å². The van der Waals surface area contributed by atoms with E-state index in [2.05, 4.69) is 15.9 Å². The SMILES string of the molecule is COc1cc(Br)c(CC(=O)O)c(C)c1OC. The third-order valence-corrected chi connectivity index (χ3v) is 3.02. The summed E-state index contributed by atoms with van der Waals surface area (Å²) >= 11 is 3.33. The normalized spacial score (nSPS) is 10.0. The first kappa shape index (κ1) is 12.8. The Hall–Kier alpha value is -1.23. The largest absolute Gasteiger partial charge is 0.493 e. The number of carboxylic acids is 1. The highest BCUT2D eigenvalue weighted by molar-refractivity contribution is 9.10. The van der Waals surface area contributed by atoms with Crippen molar-refractivity contribution in [2.24, 2.45) is 0 Å². The second kappa shape index (κ2) is 5.21. The second-order valence-electron chi connectivity index (χ2n) is 3.27. The van der Waals surface area contributed by atoms with Crippen LogP contribution in [0.3, 0.4) is 0 Å². The van der Waals surface area contributed by atoms with Crippen LogP contribution < -0.4 is 9.47 Å². The van der Waals surface area contributed by atoms with Crippen molar-refractivity contribution in [2.45, 2.75) is 13.3 Å². The Kier molecular flexibility index (Phi) is 4.18. The highest BCUT2D eigenvalue weighted by Crippen LogP contribution is 2.37. The summed E-state index contributed by atoms with van der Waals surface area (Å²) in [6.45, 7) is 1.81. The van der Waals surface area contributed by atoms with E-state index >= 15 is 0 Å². The maximum Gasteiger partial charge on any atom is 0.307 e. The number of hydrogen-bond donors (Lipinski definition) is 1. The average Bonchev–Trinajstić information content (AvgIpc) is 2.23. The number of aliphatic carboxylic acids is 1. The summed E-state index contributed by atoms with van der Waals surface area (Å²) in [5.41, 5.74) is 1.47. The van der Waals surface area contributed by atoms with Gasteiger partial charge in [-0.1, -0.05) is 15.9 Å². The number of benzene rings is 1. The van der Waals surface area contributed by atoms with E-state index in [-0.39, 0.29) is 6.42 Å². The van der Waals surface area contributed by atoms with Crippen LogP contribution in [0, 0.1) is 6.92 Å². The molecule has 4 nitrogen and oxygen atoms in total. The Labute approximate surface area is 102 Å². The fraction of sp³-hybridized carbons (Fsp3) is 0.364. The highest BCUT2D eigenvalue weighted by Gasteiger charge is 2.17. The Bertz CT molecular complexity index is 415. The molecule has 0 spiro atoms. The molecular weight excluding hydrogens is 276 g/mol. The molecule has 1 aromatic carbocycles. The fourth-order valence-corrected chi connectivity index (χ4v) is 2.19. The van der Waals surface area contributed by atoms with E-state index in [1.807, 2.05) is 6.92 Å². The van der Waals surface area contributed by atoms with Gasteiger partial charge in [0.1, 0.15) is 0 Å². The predicted octanol–water partition coefficient (Wildman–Crippen LogP) is 2.40. The van der Waals surface area contributed by atoms with Gasteiger partial charge in [-0.15, -0.1) is 0 Å².